The van der Waals surface area contributed by atoms with Crippen LogP contribution in [0, 0.1) is 0 Å². The summed E-state index contributed by atoms with van der Waals surface area (Å²) in [5, 5.41) is 3.17. The monoisotopic (exact) mass is 418 g/mol. The zero-order chi connectivity index (χ0) is 20.3. The van der Waals surface area contributed by atoms with Gasteiger partial charge in [-0.15, -0.1) is 11.3 Å². The first-order valence-electron chi connectivity index (χ1n) is 10.2. The molecule has 0 bridgehead atoms. The standard InChI is InChI=1S/C23H22N4O2S/c28-22-9-4-11-26(22)12-5-13-27-19(21-14-17-6-1-2-8-20(17)29-21)16-30-23(27)25-18-7-3-10-24-15-18/h1-3,6-8,10,14-16H,4-5,9,11-13H2. The highest BCUT2D eigenvalue weighted by Crippen LogP contribution is 2.28. The number of furan rings is 1. The lowest BCUT2D eigenvalue weighted by Crippen LogP contribution is -2.27. The van der Waals surface area contributed by atoms with E-state index in [1.54, 1.807) is 23.7 Å². The molecule has 0 radical (unpaired) electrons. The van der Waals surface area contributed by atoms with Crippen molar-refractivity contribution in [2.75, 3.05) is 13.1 Å². The molecule has 1 aliphatic rings. The number of pyridine rings is 1. The van der Waals surface area contributed by atoms with Gasteiger partial charge >= 0.3 is 0 Å². The summed E-state index contributed by atoms with van der Waals surface area (Å²) in [6.45, 7) is 2.41. The third-order valence-electron chi connectivity index (χ3n) is 5.33. The van der Waals surface area contributed by atoms with Gasteiger partial charge in [0.2, 0.25) is 5.91 Å². The zero-order valence-corrected chi connectivity index (χ0v) is 17.3. The van der Waals surface area contributed by atoms with Crippen molar-refractivity contribution < 1.29 is 9.21 Å². The molecule has 6 nitrogen and oxygen atoms in total. The molecule has 5 rings (SSSR count). The molecule has 0 saturated carbocycles. The Morgan fingerprint density at radius 2 is 2.10 bits per heavy atom. The average molecular weight is 419 g/mol. The van der Waals surface area contributed by atoms with Gasteiger partial charge in [-0.2, -0.15) is 0 Å². The van der Waals surface area contributed by atoms with Crippen LogP contribution in [0.25, 0.3) is 22.4 Å². The van der Waals surface area contributed by atoms with Crippen LogP contribution in [-0.2, 0) is 11.3 Å². The van der Waals surface area contributed by atoms with Crippen molar-refractivity contribution in [1.29, 1.82) is 0 Å². The van der Waals surface area contributed by atoms with Crippen LogP contribution in [0.4, 0.5) is 5.69 Å². The quantitative estimate of drug-likeness (QED) is 0.460. The molecule has 0 spiro atoms. The Bertz CT molecular complexity index is 1210. The number of hydrogen-bond donors (Lipinski definition) is 0. The van der Waals surface area contributed by atoms with Gasteiger partial charge in [0.1, 0.15) is 5.58 Å². The molecular weight excluding hydrogens is 396 g/mol. The number of para-hydroxylation sites is 1. The Balaban J connectivity index is 1.49. The molecule has 7 heteroatoms. The van der Waals surface area contributed by atoms with Crippen molar-refractivity contribution in [3.05, 3.63) is 65.0 Å². The lowest BCUT2D eigenvalue weighted by atomic mass is 10.2. The molecule has 0 N–H and O–H groups in total. The number of benzene rings is 1. The molecular formula is C23H22N4O2S. The first-order chi connectivity index (χ1) is 14.8. The highest BCUT2D eigenvalue weighted by Gasteiger charge is 2.20. The fourth-order valence-corrected chi connectivity index (χ4v) is 4.77. The molecule has 0 aliphatic carbocycles. The fourth-order valence-electron chi connectivity index (χ4n) is 3.83. The molecule has 1 saturated heterocycles. The highest BCUT2D eigenvalue weighted by molar-refractivity contribution is 7.07. The molecule has 0 atom stereocenters. The van der Waals surface area contributed by atoms with Crippen LogP contribution in [0.15, 0.2) is 69.6 Å². The summed E-state index contributed by atoms with van der Waals surface area (Å²) in [7, 11) is 0. The smallest absolute Gasteiger partial charge is 0.222 e. The summed E-state index contributed by atoms with van der Waals surface area (Å²) < 4.78 is 8.31. The topological polar surface area (TPSA) is 63.6 Å². The minimum absolute atomic E-state index is 0.267. The predicted molar refractivity (Wildman–Crippen MR) is 117 cm³/mol. The maximum atomic E-state index is 11.9. The summed E-state index contributed by atoms with van der Waals surface area (Å²) in [6, 6.07) is 13.9. The number of aromatic nitrogens is 2. The van der Waals surface area contributed by atoms with Gasteiger partial charge in [-0.25, -0.2) is 4.99 Å². The summed E-state index contributed by atoms with van der Waals surface area (Å²) in [5.41, 5.74) is 2.70. The van der Waals surface area contributed by atoms with Crippen molar-refractivity contribution in [3.63, 3.8) is 0 Å². The number of fused-ring (bicyclic) bond motifs is 1. The summed E-state index contributed by atoms with van der Waals surface area (Å²) in [4.78, 5) is 23.8. The summed E-state index contributed by atoms with van der Waals surface area (Å²) in [6.07, 6.45) is 6.02. The van der Waals surface area contributed by atoms with Gasteiger partial charge in [-0.05, 0) is 37.1 Å². The van der Waals surface area contributed by atoms with E-state index in [4.69, 9.17) is 9.41 Å². The third-order valence-corrected chi connectivity index (χ3v) is 6.19. The SMILES string of the molecule is O=C1CCCN1CCCn1c(-c2cc3ccccc3o2)csc1=Nc1cccnc1. The molecule has 4 heterocycles. The van der Waals surface area contributed by atoms with Gasteiger partial charge in [0.25, 0.3) is 0 Å². The summed E-state index contributed by atoms with van der Waals surface area (Å²) >= 11 is 1.59. The van der Waals surface area contributed by atoms with Gasteiger partial charge in [-0.1, -0.05) is 18.2 Å². The average Bonchev–Trinajstić information content (AvgIpc) is 3.48. The van der Waals surface area contributed by atoms with E-state index in [0.717, 1.165) is 65.4 Å². The number of nitrogens with zero attached hydrogens (tertiary/aromatic N) is 4. The minimum atomic E-state index is 0.267. The van der Waals surface area contributed by atoms with Crippen LogP contribution >= 0.6 is 11.3 Å². The molecule has 4 aromatic rings. The number of rotatable bonds is 6. The van der Waals surface area contributed by atoms with Gasteiger partial charge in [0.05, 0.1) is 17.6 Å². The minimum Gasteiger partial charge on any atom is -0.454 e. The Labute approximate surface area is 178 Å². The molecule has 3 aromatic heterocycles. The number of hydrogen-bond acceptors (Lipinski definition) is 5. The lowest BCUT2D eigenvalue weighted by molar-refractivity contribution is -0.127. The first kappa shape index (κ1) is 18.8. The predicted octanol–water partition coefficient (Wildman–Crippen LogP) is 4.60. The number of thiazole rings is 1. The highest BCUT2D eigenvalue weighted by atomic mass is 32.1. The first-order valence-corrected chi connectivity index (χ1v) is 11.1. The maximum Gasteiger partial charge on any atom is 0.222 e. The molecule has 30 heavy (non-hydrogen) atoms. The number of carbonyl (C=O) groups excluding carboxylic acids is 1. The Hall–Kier alpha value is -3.19. The van der Waals surface area contributed by atoms with E-state index >= 15 is 0 Å². The fraction of sp³-hybridized carbons (Fsp3) is 0.261. The van der Waals surface area contributed by atoms with E-state index in [1.165, 1.54) is 0 Å². The number of carbonyl (C=O) groups is 1. The molecule has 1 aliphatic heterocycles. The van der Waals surface area contributed by atoms with E-state index in [-0.39, 0.29) is 5.91 Å². The van der Waals surface area contributed by atoms with Crippen LogP contribution in [0.3, 0.4) is 0 Å². The molecule has 1 fully saturated rings. The van der Waals surface area contributed by atoms with Crippen LogP contribution in [0.2, 0.25) is 0 Å². The molecule has 1 aromatic carbocycles. The molecule has 1 amide bonds. The van der Waals surface area contributed by atoms with Gasteiger partial charge in [0.15, 0.2) is 10.6 Å². The maximum absolute atomic E-state index is 11.9. The molecule has 152 valence electrons. The van der Waals surface area contributed by atoms with Crippen molar-refractivity contribution in [2.45, 2.75) is 25.8 Å². The summed E-state index contributed by atoms with van der Waals surface area (Å²) in [5.74, 6) is 1.10. The van der Waals surface area contributed by atoms with Crippen molar-refractivity contribution in [1.82, 2.24) is 14.5 Å². The number of amides is 1. The second-order valence-corrected chi connectivity index (χ2v) is 8.20. The van der Waals surface area contributed by atoms with Gasteiger partial charge in [0, 0.05) is 43.0 Å². The van der Waals surface area contributed by atoms with Crippen molar-refractivity contribution in [2.24, 2.45) is 4.99 Å². The molecule has 0 unspecified atom stereocenters. The van der Waals surface area contributed by atoms with Crippen molar-refractivity contribution in [3.8, 4) is 11.5 Å². The second-order valence-electron chi connectivity index (χ2n) is 7.36. The van der Waals surface area contributed by atoms with E-state index < -0.39 is 0 Å². The van der Waals surface area contributed by atoms with E-state index in [9.17, 15) is 4.79 Å². The largest absolute Gasteiger partial charge is 0.454 e. The zero-order valence-electron chi connectivity index (χ0n) is 16.5. The Kier molecular flexibility index (Phi) is 5.19. The van der Waals surface area contributed by atoms with Crippen LogP contribution in [0.1, 0.15) is 19.3 Å². The van der Waals surface area contributed by atoms with E-state index in [0.29, 0.717) is 6.42 Å². The Morgan fingerprint density at radius 3 is 2.90 bits per heavy atom. The third kappa shape index (κ3) is 3.80. The lowest BCUT2D eigenvalue weighted by Gasteiger charge is -2.16. The van der Waals surface area contributed by atoms with Gasteiger partial charge in [-0.3, -0.25) is 9.78 Å². The normalized spacial score (nSPS) is 14.9. The van der Waals surface area contributed by atoms with Crippen LogP contribution < -0.4 is 4.80 Å². The Morgan fingerprint density at radius 1 is 1.17 bits per heavy atom. The van der Waals surface area contributed by atoms with E-state index in [1.807, 2.05) is 35.2 Å². The van der Waals surface area contributed by atoms with Crippen LogP contribution in [0.5, 0.6) is 0 Å². The van der Waals surface area contributed by atoms with Crippen LogP contribution in [-0.4, -0.2) is 33.4 Å². The van der Waals surface area contributed by atoms with Crippen molar-refractivity contribution >= 4 is 33.9 Å². The second kappa shape index (κ2) is 8.28. The van der Waals surface area contributed by atoms with Gasteiger partial charge < -0.3 is 13.9 Å². The number of likely N-dealkylation sites (tertiary alicyclic amines) is 1. The van der Waals surface area contributed by atoms with E-state index in [2.05, 4.69) is 27.1 Å².